The number of anilines is 2. The van der Waals surface area contributed by atoms with Crippen molar-refractivity contribution in [3.05, 3.63) is 35.9 Å². The molecule has 7 nitrogen and oxygen atoms in total. The number of aromatic nitrogens is 3. The Morgan fingerprint density at radius 2 is 2.25 bits per heavy atom. The summed E-state index contributed by atoms with van der Waals surface area (Å²) in [6.07, 6.45) is 3.72. The van der Waals surface area contributed by atoms with Gasteiger partial charge in [0.15, 0.2) is 16.6 Å². The Hall–Kier alpha value is -2.20. The van der Waals surface area contributed by atoms with E-state index in [1.165, 1.54) is 34.2 Å². The second-order valence-corrected chi connectivity index (χ2v) is 6.29. The first-order valence-corrected chi connectivity index (χ1v) is 7.68. The lowest BCUT2D eigenvalue weighted by Crippen LogP contribution is -2.17. The number of pyridine rings is 1. The minimum absolute atomic E-state index is 0.140. The molecule has 3 aromatic rings. The van der Waals surface area contributed by atoms with E-state index >= 15 is 0 Å². The number of halogens is 1. The van der Waals surface area contributed by atoms with E-state index in [2.05, 4.69) is 14.7 Å². The number of sulfonamides is 1. The van der Waals surface area contributed by atoms with Crippen LogP contribution in [0.1, 0.15) is 0 Å². The fourth-order valence-electron chi connectivity index (χ4n) is 1.70. The van der Waals surface area contributed by atoms with Gasteiger partial charge >= 0.3 is 0 Å². The number of fused-ring (bicyclic) bond motifs is 1. The maximum atomic E-state index is 13.5. The number of nitrogens with two attached hydrogens (primary N) is 1. The summed E-state index contributed by atoms with van der Waals surface area (Å²) in [6, 6.07) is 1.22. The van der Waals surface area contributed by atoms with Crippen molar-refractivity contribution in [2.24, 2.45) is 0 Å². The number of thiazole rings is 1. The number of nitrogens with one attached hydrogen (secondary N) is 1. The molecular formula is C10H8FN5O2S2. The fourth-order valence-corrected chi connectivity index (χ4v) is 3.76. The number of hydrogen-bond acceptors (Lipinski definition) is 6. The Morgan fingerprint density at radius 3 is 3.00 bits per heavy atom. The smallest absolute Gasteiger partial charge is 0.281 e. The lowest BCUT2D eigenvalue weighted by molar-refractivity contribution is 0.594. The van der Waals surface area contributed by atoms with Gasteiger partial charge < -0.3 is 5.73 Å². The molecule has 0 atom stereocenters. The van der Waals surface area contributed by atoms with Crippen LogP contribution >= 0.6 is 11.3 Å². The highest BCUT2D eigenvalue weighted by molar-refractivity contribution is 7.92. The Labute approximate surface area is 117 Å². The molecule has 0 spiro atoms. The lowest BCUT2D eigenvalue weighted by atomic mass is 10.4. The van der Waals surface area contributed by atoms with Gasteiger partial charge in [-0.1, -0.05) is 0 Å². The predicted molar refractivity (Wildman–Crippen MR) is 72.5 cm³/mol. The summed E-state index contributed by atoms with van der Waals surface area (Å²) < 4.78 is 41.6. The van der Waals surface area contributed by atoms with E-state index < -0.39 is 15.8 Å². The van der Waals surface area contributed by atoms with Crippen molar-refractivity contribution < 1.29 is 12.8 Å². The van der Waals surface area contributed by atoms with Gasteiger partial charge in [0, 0.05) is 17.8 Å². The van der Waals surface area contributed by atoms with Gasteiger partial charge in [0.25, 0.3) is 10.0 Å². The molecule has 0 aliphatic carbocycles. The van der Waals surface area contributed by atoms with Gasteiger partial charge in [-0.05, 0) is 6.07 Å². The van der Waals surface area contributed by atoms with Crippen molar-refractivity contribution in [3.8, 4) is 0 Å². The third-order valence-corrected chi connectivity index (χ3v) is 4.67. The van der Waals surface area contributed by atoms with Crippen molar-refractivity contribution in [2.45, 2.75) is 5.03 Å². The topological polar surface area (TPSA) is 102 Å². The predicted octanol–water partition coefficient (Wildman–Crippen LogP) is 1.31. The maximum Gasteiger partial charge on any atom is 0.281 e. The van der Waals surface area contributed by atoms with Crippen molar-refractivity contribution in [3.63, 3.8) is 0 Å². The number of hydrogen-bond donors (Lipinski definition) is 2. The van der Waals surface area contributed by atoms with E-state index in [1.807, 2.05) is 0 Å². The highest BCUT2D eigenvalue weighted by Gasteiger charge is 2.25. The molecule has 0 aromatic carbocycles. The van der Waals surface area contributed by atoms with Crippen LogP contribution in [-0.2, 0) is 10.0 Å². The van der Waals surface area contributed by atoms with Crippen LogP contribution in [-0.4, -0.2) is 22.8 Å². The van der Waals surface area contributed by atoms with Crippen LogP contribution in [0.15, 0.2) is 35.1 Å². The number of rotatable bonds is 3. The van der Waals surface area contributed by atoms with Crippen molar-refractivity contribution >= 4 is 37.8 Å². The second-order valence-electron chi connectivity index (χ2n) is 3.82. The molecule has 0 bridgehead atoms. The summed E-state index contributed by atoms with van der Waals surface area (Å²) in [5.41, 5.74) is 5.42. The summed E-state index contributed by atoms with van der Waals surface area (Å²) in [7, 11) is -4.06. The van der Waals surface area contributed by atoms with E-state index in [0.717, 1.165) is 6.20 Å². The minimum Gasteiger partial charge on any atom is -0.381 e. The monoisotopic (exact) mass is 313 g/mol. The maximum absolute atomic E-state index is 13.5. The summed E-state index contributed by atoms with van der Waals surface area (Å²) in [4.78, 5) is 7.93. The van der Waals surface area contributed by atoms with Gasteiger partial charge in [-0.25, -0.2) is 9.37 Å². The van der Waals surface area contributed by atoms with E-state index in [1.54, 1.807) is 5.38 Å². The van der Waals surface area contributed by atoms with Crippen molar-refractivity contribution in [2.75, 3.05) is 10.5 Å². The molecular weight excluding hydrogens is 305 g/mol. The number of nitrogens with zero attached hydrogens (tertiary/aromatic N) is 3. The van der Waals surface area contributed by atoms with Crippen LogP contribution in [0.3, 0.4) is 0 Å². The first-order chi connectivity index (χ1) is 9.49. The summed E-state index contributed by atoms with van der Waals surface area (Å²) in [6.45, 7) is 0. The van der Waals surface area contributed by atoms with Crippen molar-refractivity contribution in [1.29, 1.82) is 0 Å². The van der Waals surface area contributed by atoms with Crippen LogP contribution in [0.4, 0.5) is 15.9 Å². The molecule has 0 radical (unpaired) electrons. The highest BCUT2D eigenvalue weighted by atomic mass is 32.2. The van der Waals surface area contributed by atoms with Gasteiger partial charge in [-0.15, -0.1) is 11.3 Å². The molecule has 0 fully saturated rings. The van der Waals surface area contributed by atoms with Gasteiger partial charge in [-0.3, -0.25) is 14.1 Å². The normalized spacial score (nSPS) is 11.8. The van der Waals surface area contributed by atoms with Gasteiger partial charge in [0.1, 0.15) is 0 Å². The molecule has 3 N–H and O–H groups in total. The molecule has 3 rings (SSSR count). The van der Waals surface area contributed by atoms with E-state index in [9.17, 15) is 12.8 Å². The first kappa shape index (κ1) is 12.8. The zero-order valence-electron chi connectivity index (χ0n) is 9.82. The van der Waals surface area contributed by atoms with Crippen LogP contribution in [0.2, 0.25) is 0 Å². The molecule has 104 valence electrons. The van der Waals surface area contributed by atoms with Crippen LogP contribution in [0.5, 0.6) is 0 Å². The van der Waals surface area contributed by atoms with Crippen molar-refractivity contribution in [1.82, 2.24) is 14.4 Å². The third-order valence-electron chi connectivity index (χ3n) is 2.51. The second kappa shape index (κ2) is 4.42. The average molecular weight is 313 g/mol. The fraction of sp³-hybridized carbons (Fsp3) is 0. The molecule has 0 unspecified atom stereocenters. The zero-order chi connectivity index (χ0) is 14.3. The molecule has 3 aromatic heterocycles. The van der Waals surface area contributed by atoms with Gasteiger partial charge in [0.2, 0.25) is 5.03 Å². The molecule has 10 heteroatoms. The Balaban J connectivity index is 2.11. The van der Waals surface area contributed by atoms with Crippen LogP contribution in [0, 0.1) is 5.82 Å². The highest BCUT2D eigenvalue weighted by Crippen LogP contribution is 2.25. The Kier molecular flexibility index (Phi) is 2.83. The molecule has 0 amide bonds. The summed E-state index contributed by atoms with van der Waals surface area (Å²) >= 11 is 1.24. The van der Waals surface area contributed by atoms with Crippen LogP contribution < -0.4 is 10.5 Å². The molecule has 0 aliphatic rings. The summed E-state index contributed by atoms with van der Waals surface area (Å²) in [5.74, 6) is -0.917. The van der Waals surface area contributed by atoms with Gasteiger partial charge in [0.05, 0.1) is 11.9 Å². The first-order valence-electron chi connectivity index (χ1n) is 5.32. The molecule has 0 saturated carbocycles. The Bertz CT molecular complexity index is 886. The van der Waals surface area contributed by atoms with Crippen LogP contribution in [0.25, 0.3) is 4.96 Å². The quantitative estimate of drug-likeness (QED) is 0.759. The lowest BCUT2D eigenvalue weighted by Gasteiger charge is -2.08. The van der Waals surface area contributed by atoms with Gasteiger partial charge in [-0.2, -0.15) is 8.42 Å². The van der Waals surface area contributed by atoms with E-state index in [-0.39, 0.29) is 16.5 Å². The molecule has 3 heterocycles. The number of imidazole rings is 1. The van der Waals surface area contributed by atoms with E-state index in [4.69, 9.17) is 5.73 Å². The molecule has 0 saturated heterocycles. The zero-order valence-corrected chi connectivity index (χ0v) is 11.4. The minimum atomic E-state index is -4.06. The molecule has 0 aliphatic heterocycles. The van der Waals surface area contributed by atoms with E-state index in [0.29, 0.717) is 4.96 Å². The number of nitrogen functional groups attached to an aromatic ring is 1. The SMILES string of the molecule is Nc1nc2sccn2c1S(=O)(=O)Nc1ccncc1F. The Morgan fingerprint density at radius 1 is 1.45 bits per heavy atom. The summed E-state index contributed by atoms with van der Waals surface area (Å²) in [5, 5.41) is 1.46. The molecule has 20 heavy (non-hydrogen) atoms. The average Bonchev–Trinajstić information content (AvgIpc) is 2.91. The third kappa shape index (κ3) is 1.98. The largest absolute Gasteiger partial charge is 0.381 e. The standard InChI is InChI=1S/C10H8FN5O2S2/c11-6-5-13-2-1-7(6)15-20(17,18)9-8(12)14-10-16(9)3-4-19-10/h1-5H,12H2,(H,13,15).